The van der Waals surface area contributed by atoms with Crippen molar-refractivity contribution in [2.75, 3.05) is 7.11 Å². The molecule has 7 heteroatoms. The minimum absolute atomic E-state index is 0.128. The topological polar surface area (TPSA) is 64.1 Å². The highest BCUT2D eigenvalue weighted by molar-refractivity contribution is 6.34. The fourth-order valence-corrected chi connectivity index (χ4v) is 4.06. The molecule has 0 radical (unpaired) electrons. The van der Waals surface area contributed by atoms with Crippen LogP contribution in [-0.2, 0) is 0 Å². The second-order valence-corrected chi connectivity index (χ2v) is 7.88. The Hall–Kier alpha value is -3.38. The summed E-state index contributed by atoms with van der Waals surface area (Å²) in [4.78, 5) is 27.9. The third-order valence-electron chi connectivity index (χ3n) is 5.26. The third-order valence-corrected chi connectivity index (χ3v) is 5.57. The van der Waals surface area contributed by atoms with Crippen molar-refractivity contribution in [1.29, 1.82) is 0 Å². The van der Waals surface area contributed by atoms with E-state index in [1.54, 1.807) is 12.1 Å². The summed E-state index contributed by atoms with van der Waals surface area (Å²) in [5.74, 6) is -0.104. The molecule has 31 heavy (non-hydrogen) atoms. The average molecular weight is 439 g/mol. The van der Waals surface area contributed by atoms with E-state index in [1.165, 1.54) is 29.9 Å². The van der Waals surface area contributed by atoms with Crippen LogP contribution in [-0.4, -0.2) is 16.7 Å². The Kier molecular flexibility index (Phi) is 5.41. The largest absolute Gasteiger partial charge is 0.496 e. The van der Waals surface area contributed by atoms with E-state index >= 15 is 0 Å². The van der Waals surface area contributed by atoms with Crippen molar-refractivity contribution in [3.63, 3.8) is 0 Å². The first-order chi connectivity index (χ1) is 14.8. The lowest BCUT2D eigenvalue weighted by molar-refractivity contribution is 0.413. The maximum atomic E-state index is 14.8. The van der Waals surface area contributed by atoms with Crippen LogP contribution in [0.15, 0.2) is 64.2 Å². The Morgan fingerprint density at radius 2 is 1.81 bits per heavy atom. The summed E-state index contributed by atoms with van der Waals surface area (Å²) in [6.45, 7) is 4.04. The zero-order valence-electron chi connectivity index (χ0n) is 17.2. The van der Waals surface area contributed by atoms with Crippen LogP contribution in [0.5, 0.6) is 5.75 Å². The monoisotopic (exact) mass is 438 g/mol. The van der Waals surface area contributed by atoms with E-state index in [1.807, 2.05) is 38.1 Å². The van der Waals surface area contributed by atoms with Crippen molar-refractivity contribution < 1.29 is 9.13 Å². The maximum absolute atomic E-state index is 14.8. The van der Waals surface area contributed by atoms with Crippen LogP contribution < -0.4 is 16.0 Å². The first kappa shape index (κ1) is 20.9. The molecule has 3 aromatic carbocycles. The molecule has 4 aromatic rings. The first-order valence-electron chi connectivity index (χ1n) is 9.74. The predicted molar refractivity (Wildman–Crippen MR) is 121 cm³/mol. The fourth-order valence-electron chi connectivity index (χ4n) is 3.80. The molecule has 0 spiro atoms. The molecule has 0 aliphatic rings. The molecule has 0 atom stereocenters. The Bertz CT molecular complexity index is 1420. The Balaban J connectivity index is 2.16. The molecule has 1 aromatic heterocycles. The van der Waals surface area contributed by atoms with Gasteiger partial charge in [0, 0.05) is 10.6 Å². The van der Waals surface area contributed by atoms with Crippen LogP contribution in [0.1, 0.15) is 25.3 Å². The van der Waals surface area contributed by atoms with Gasteiger partial charge in [-0.05, 0) is 41.8 Å². The number of hydrogen-bond donors (Lipinski definition) is 1. The molecule has 1 N–H and O–H groups in total. The van der Waals surface area contributed by atoms with Crippen LogP contribution in [0.25, 0.3) is 27.7 Å². The number of para-hydroxylation sites is 1. The summed E-state index contributed by atoms with van der Waals surface area (Å²) < 4.78 is 21.5. The SMILES string of the molecule is COc1cccc(F)c1-c1cc2c(cc1Cl)c(=O)[nH]c(=O)n2-c1ccccc1C(C)C. The first-order valence-corrected chi connectivity index (χ1v) is 10.1. The summed E-state index contributed by atoms with van der Waals surface area (Å²) in [5, 5.41) is 0.394. The molecule has 5 nitrogen and oxygen atoms in total. The number of nitrogens with zero attached hydrogens (tertiary/aromatic N) is 1. The number of ether oxygens (including phenoxy) is 1. The van der Waals surface area contributed by atoms with Crippen LogP contribution >= 0.6 is 11.6 Å². The van der Waals surface area contributed by atoms with Crippen molar-refractivity contribution in [2.24, 2.45) is 0 Å². The Morgan fingerprint density at radius 3 is 2.52 bits per heavy atom. The van der Waals surface area contributed by atoms with Gasteiger partial charge in [-0.25, -0.2) is 9.18 Å². The van der Waals surface area contributed by atoms with E-state index < -0.39 is 17.1 Å². The van der Waals surface area contributed by atoms with Crippen molar-refractivity contribution >= 4 is 22.5 Å². The van der Waals surface area contributed by atoms with Gasteiger partial charge in [-0.3, -0.25) is 14.3 Å². The van der Waals surface area contributed by atoms with Gasteiger partial charge in [-0.2, -0.15) is 0 Å². The van der Waals surface area contributed by atoms with Crippen molar-refractivity contribution in [1.82, 2.24) is 9.55 Å². The van der Waals surface area contributed by atoms with Gasteiger partial charge in [-0.15, -0.1) is 0 Å². The molecule has 0 aliphatic carbocycles. The number of halogens is 2. The lowest BCUT2D eigenvalue weighted by Gasteiger charge is -2.18. The van der Waals surface area contributed by atoms with Crippen molar-refractivity contribution in [3.8, 4) is 22.6 Å². The minimum atomic E-state index is -0.584. The molecule has 1 heterocycles. The van der Waals surface area contributed by atoms with E-state index in [9.17, 15) is 14.0 Å². The minimum Gasteiger partial charge on any atom is -0.496 e. The zero-order valence-corrected chi connectivity index (χ0v) is 18.0. The third kappa shape index (κ3) is 3.53. The molecule has 4 rings (SSSR count). The highest BCUT2D eigenvalue weighted by Crippen LogP contribution is 2.39. The molecule has 0 bridgehead atoms. The molecule has 158 valence electrons. The van der Waals surface area contributed by atoms with E-state index in [0.29, 0.717) is 22.5 Å². The lowest BCUT2D eigenvalue weighted by Crippen LogP contribution is -2.30. The smallest absolute Gasteiger partial charge is 0.333 e. The standard InChI is InChI=1S/C24H20ClFN2O3/c1-13(2)14-7-4-5-9-19(14)28-20-12-15(22-18(26)8-6-10-21(22)31-3)17(25)11-16(20)23(29)27-24(28)30/h4-13H,1-3H3,(H,27,29,30). The normalized spacial score (nSPS) is 11.3. The number of aromatic nitrogens is 2. The second kappa shape index (κ2) is 8.04. The Morgan fingerprint density at radius 1 is 1.06 bits per heavy atom. The molecule has 0 saturated carbocycles. The Labute approximate surface area is 182 Å². The van der Waals surface area contributed by atoms with Gasteiger partial charge >= 0.3 is 5.69 Å². The van der Waals surface area contributed by atoms with Crippen molar-refractivity contribution in [3.05, 3.63) is 91.8 Å². The zero-order chi connectivity index (χ0) is 22.3. The molecule has 0 fully saturated rings. The number of hydrogen-bond acceptors (Lipinski definition) is 3. The van der Waals surface area contributed by atoms with Crippen LogP contribution in [0, 0.1) is 5.82 Å². The predicted octanol–water partition coefficient (Wildman–Crippen LogP) is 5.27. The van der Waals surface area contributed by atoms with E-state index in [4.69, 9.17) is 16.3 Å². The molecular weight excluding hydrogens is 419 g/mol. The molecule has 0 unspecified atom stereocenters. The molecule has 0 aliphatic heterocycles. The van der Waals surface area contributed by atoms with E-state index in [0.717, 1.165) is 5.56 Å². The van der Waals surface area contributed by atoms with Gasteiger partial charge < -0.3 is 4.74 Å². The lowest BCUT2D eigenvalue weighted by atomic mass is 9.99. The number of rotatable bonds is 4. The van der Waals surface area contributed by atoms with Crippen LogP contribution in [0.2, 0.25) is 5.02 Å². The highest BCUT2D eigenvalue weighted by atomic mass is 35.5. The quantitative estimate of drug-likeness (QED) is 0.472. The number of methoxy groups -OCH3 is 1. The molecule has 0 saturated heterocycles. The van der Waals surface area contributed by atoms with E-state index in [-0.39, 0.29) is 21.9 Å². The van der Waals surface area contributed by atoms with Crippen molar-refractivity contribution in [2.45, 2.75) is 19.8 Å². The summed E-state index contributed by atoms with van der Waals surface area (Å²) in [7, 11) is 1.44. The summed E-state index contributed by atoms with van der Waals surface area (Å²) >= 11 is 6.47. The van der Waals surface area contributed by atoms with Gasteiger partial charge in [0.05, 0.1) is 29.3 Å². The average Bonchev–Trinajstić information content (AvgIpc) is 2.74. The van der Waals surface area contributed by atoms with Gasteiger partial charge in [-0.1, -0.05) is 49.7 Å². The van der Waals surface area contributed by atoms with Gasteiger partial charge in [0.2, 0.25) is 0 Å². The van der Waals surface area contributed by atoms with Gasteiger partial charge in [0.25, 0.3) is 5.56 Å². The van der Waals surface area contributed by atoms with Crippen LogP contribution in [0.3, 0.4) is 0 Å². The summed E-state index contributed by atoms with van der Waals surface area (Å²) in [6, 6.07) is 14.9. The molecular formula is C24H20ClFN2O3. The number of benzene rings is 3. The van der Waals surface area contributed by atoms with Gasteiger partial charge in [0.1, 0.15) is 11.6 Å². The summed E-state index contributed by atoms with van der Waals surface area (Å²) in [5.41, 5.74) is 1.23. The van der Waals surface area contributed by atoms with Crippen LogP contribution in [0.4, 0.5) is 4.39 Å². The molecule has 0 amide bonds. The fraction of sp³-hybridized carbons (Fsp3) is 0.167. The highest BCUT2D eigenvalue weighted by Gasteiger charge is 2.20. The summed E-state index contributed by atoms with van der Waals surface area (Å²) in [6.07, 6.45) is 0. The van der Waals surface area contributed by atoms with E-state index in [2.05, 4.69) is 4.98 Å². The second-order valence-electron chi connectivity index (χ2n) is 7.47. The number of fused-ring (bicyclic) bond motifs is 1. The number of nitrogens with one attached hydrogen (secondary N) is 1. The number of aromatic amines is 1. The number of H-pyrrole nitrogens is 1. The van der Waals surface area contributed by atoms with Gasteiger partial charge in [0.15, 0.2) is 0 Å². The maximum Gasteiger partial charge on any atom is 0.333 e.